The van der Waals surface area contributed by atoms with Crippen LogP contribution in [-0.4, -0.2) is 45.8 Å². The molecule has 1 heterocycles. The summed E-state index contributed by atoms with van der Waals surface area (Å²) in [5.41, 5.74) is 0.954. The number of benzene rings is 1. The van der Waals surface area contributed by atoms with E-state index in [1.165, 1.54) is 10.4 Å². The molecule has 0 saturated heterocycles. The number of aromatic nitrogens is 2. The number of aliphatic hydroxyl groups is 1. The predicted octanol–water partition coefficient (Wildman–Crippen LogP) is 1.08. The second-order valence-electron chi connectivity index (χ2n) is 4.32. The first-order valence-electron chi connectivity index (χ1n) is 5.82. The molecular weight excluding hydrogens is 286 g/mol. The molecule has 104 valence electrons. The minimum Gasteiger partial charge on any atom is -0.395 e. The van der Waals surface area contributed by atoms with Crippen LogP contribution in [0.4, 0.5) is 0 Å². The number of fused-ring (bicyclic) bond motifs is 1. The molecule has 0 atom stereocenters. The van der Waals surface area contributed by atoms with E-state index in [0.29, 0.717) is 11.0 Å². The number of hydrogen-bond donors (Lipinski definition) is 1. The van der Waals surface area contributed by atoms with E-state index in [4.69, 9.17) is 5.11 Å². The maximum atomic E-state index is 12.6. The van der Waals surface area contributed by atoms with Crippen LogP contribution in [0.3, 0.4) is 0 Å². The van der Waals surface area contributed by atoms with E-state index in [9.17, 15) is 8.42 Å². The standard InChI is InChI=1S/C11H15N3O3S2/c1-8(2)14(6-7-15)19(16,17)10-5-3-4-9-11(10)13-18-12-9/h3-5,8,15H,6-7H2,1-2H3. The average Bonchev–Trinajstić information content (AvgIpc) is 2.82. The van der Waals surface area contributed by atoms with E-state index in [0.717, 1.165) is 11.7 Å². The van der Waals surface area contributed by atoms with Crippen LogP contribution in [0.5, 0.6) is 0 Å². The Bertz CT molecular complexity index is 667. The number of rotatable bonds is 5. The molecule has 0 unspecified atom stereocenters. The van der Waals surface area contributed by atoms with Gasteiger partial charge in [-0.3, -0.25) is 0 Å². The summed E-state index contributed by atoms with van der Waals surface area (Å²) in [5.74, 6) is 0. The Morgan fingerprint density at radius 3 is 2.74 bits per heavy atom. The predicted molar refractivity (Wildman–Crippen MR) is 73.5 cm³/mol. The van der Waals surface area contributed by atoms with E-state index < -0.39 is 10.0 Å². The van der Waals surface area contributed by atoms with Crippen LogP contribution < -0.4 is 0 Å². The molecule has 0 radical (unpaired) electrons. The van der Waals surface area contributed by atoms with Crippen molar-refractivity contribution < 1.29 is 13.5 Å². The smallest absolute Gasteiger partial charge is 0.245 e. The Labute approximate surface area is 116 Å². The molecule has 2 rings (SSSR count). The van der Waals surface area contributed by atoms with Crippen molar-refractivity contribution in [3.63, 3.8) is 0 Å². The van der Waals surface area contributed by atoms with Gasteiger partial charge in [0, 0.05) is 12.6 Å². The quantitative estimate of drug-likeness (QED) is 0.893. The summed E-state index contributed by atoms with van der Waals surface area (Å²) < 4.78 is 34.6. The minimum atomic E-state index is -3.68. The fourth-order valence-electron chi connectivity index (χ4n) is 1.87. The lowest BCUT2D eigenvalue weighted by molar-refractivity contribution is 0.236. The molecule has 1 aromatic carbocycles. The van der Waals surface area contributed by atoms with Gasteiger partial charge in [-0.05, 0) is 26.0 Å². The van der Waals surface area contributed by atoms with Gasteiger partial charge < -0.3 is 5.11 Å². The van der Waals surface area contributed by atoms with Crippen LogP contribution in [-0.2, 0) is 10.0 Å². The highest BCUT2D eigenvalue weighted by Gasteiger charge is 2.29. The third-order valence-electron chi connectivity index (χ3n) is 2.73. The Balaban J connectivity index is 2.57. The van der Waals surface area contributed by atoms with Gasteiger partial charge in [-0.1, -0.05) is 6.07 Å². The third-order valence-corrected chi connectivity index (χ3v) is 5.38. The highest BCUT2D eigenvalue weighted by Crippen LogP contribution is 2.25. The van der Waals surface area contributed by atoms with Crippen molar-refractivity contribution in [3.8, 4) is 0 Å². The molecular formula is C11H15N3O3S2. The summed E-state index contributed by atoms with van der Waals surface area (Å²) in [5, 5.41) is 9.04. The van der Waals surface area contributed by atoms with E-state index >= 15 is 0 Å². The van der Waals surface area contributed by atoms with Crippen molar-refractivity contribution in [2.75, 3.05) is 13.2 Å². The highest BCUT2D eigenvalue weighted by atomic mass is 32.2. The molecule has 19 heavy (non-hydrogen) atoms. The second kappa shape index (κ2) is 5.49. The van der Waals surface area contributed by atoms with E-state index in [1.807, 2.05) is 0 Å². The van der Waals surface area contributed by atoms with Crippen LogP contribution >= 0.6 is 11.7 Å². The summed E-state index contributed by atoms with van der Waals surface area (Å²) in [6, 6.07) is 4.66. The Kier molecular flexibility index (Phi) is 4.14. The molecule has 6 nitrogen and oxygen atoms in total. The topological polar surface area (TPSA) is 83.4 Å². The van der Waals surface area contributed by atoms with Crippen molar-refractivity contribution >= 4 is 32.8 Å². The Morgan fingerprint density at radius 1 is 1.37 bits per heavy atom. The van der Waals surface area contributed by atoms with Crippen LogP contribution in [0.2, 0.25) is 0 Å². The normalized spacial score (nSPS) is 12.7. The van der Waals surface area contributed by atoms with Crippen LogP contribution in [0.15, 0.2) is 23.1 Å². The van der Waals surface area contributed by atoms with Gasteiger partial charge in [0.1, 0.15) is 15.9 Å². The summed E-state index contributed by atoms with van der Waals surface area (Å²) in [6.07, 6.45) is 0. The molecule has 8 heteroatoms. The first kappa shape index (κ1) is 14.3. The van der Waals surface area contributed by atoms with Gasteiger partial charge in [0.2, 0.25) is 10.0 Å². The molecule has 0 aliphatic rings. The molecule has 1 aromatic heterocycles. The SMILES string of the molecule is CC(C)N(CCO)S(=O)(=O)c1cccc2nsnc12. The Morgan fingerprint density at radius 2 is 2.11 bits per heavy atom. The van der Waals surface area contributed by atoms with Gasteiger partial charge in [-0.25, -0.2) is 8.42 Å². The molecule has 0 spiro atoms. The molecule has 0 amide bonds. The number of sulfonamides is 1. The molecule has 0 saturated carbocycles. The van der Waals surface area contributed by atoms with Crippen molar-refractivity contribution in [3.05, 3.63) is 18.2 Å². The van der Waals surface area contributed by atoms with Crippen LogP contribution in [0, 0.1) is 0 Å². The van der Waals surface area contributed by atoms with Gasteiger partial charge in [0.05, 0.1) is 18.3 Å². The third kappa shape index (κ3) is 2.62. The molecule has 1 N–H and O–H groups in total. The molecule has 0 fully saturated rings. The van der Waals surface area contributed by atoms with E-state index in [-0.39, 0.29) is 24.1 Å². The van der Waals surface area contributed by atoms with Gasteiger partial charge in [-0.15, -0.1) is 0 Å². The molecule has 0 aliphatic heterocycles. The lowest BCUT2D eigenvalue weighted by Gasteiger charge is -2.25. The molecule has 2 aromatic rings. The van der Waals surface area contributed by atoms with E-state index in [1.54, 1.807) is 26.0 Å². The first-order valence-corrected chi connectivity index (χ1v) is 7.99. The Hall–Kier alpha value is -1.09. The van der Waals surface area contributed by atoms with E-state index in [2.05, 4.69) is 8.75 Å². The van der Waals surface area contributed by atoms with Gasteiger partial charge in [0.15, 0.2) is 0 Å². The average molecular weight is 301 g/mol. The van der Waals surface area contributed by atoms with Crippen molar-refractivity contribution in [1.29, 1.82) is 0 Å². The summed E-state index contributed by atoms with van der Waals surface area (Å²) >= 11 is 0.984. The fourth-order valence-corrected chi connectivity index (χ4v) is 4.25. The zero-order chi connectivity index (χ0) is 14.0. The lowest BCUT2D eigenvalue weighted by Crippen LogP contribution is -2.39. The van der Waals surface area contributed by atoms with Crippen molar-refractivity contribution in [2.24, 2.45) is 0 Å². The maximum absolute atomic E-state index is 12.6. The maximum Gasteiger partial charge on any atom is 0.245 e. The molecule has 0 bridgehead atoms. The largest absolute Gasteiger partial charge is 0.395 e. The number of nitrogens with zero attached hydrogens (tertiary/aromatic N) is 3. The second-order valence-corrected chi connectivity index (χ2v) is 6.71. The zero-order valence-electron chi connectivity index (χ0n) is 10.6. The monoisotopic (exact) mass is 301 g/mol. The number of hydrogen-bond acceptors (Lipinski definition) is 6. The van der Waals surface area contributed by atoms with Crippen molar-refractivity contribution in [1.82, 2.24) is 13.1 Å². The van der Waals surface area contributed by atoms with Gasteiger partial charge >= 0.3 is 0 Å². The van der Waals surface area contributed by atoms with Crippen LogP contribution in [0.25, 0.3) is 11.0 Å². The summed E-state index contributed by atoms with van der Waals surface area (Å²) in [7, 11) is -3.68. The number of aliphatic hydroxyl groups excluding tert-OH is 1. The lowest BCUT2D eigenvalue weighted by atomic mass is 10.3. The fraction of sp³-hybridized carbons (Fsp3) is 0.455. The van der Waals surface area contributed by atoms with Gasteiger partial charge in [-0.2, -0.15) is 13.1 Å². The summed E-state index contributed by atoms with van der Waals surface area (Å²) in [4.78, 5) is 0.140. The molecule has 0 aliphatic carbocycles. The highest BCUT2D eigenvalue weighted by molar-refractivity contribution is 7.89. The first-order chi connectivity index (χ1) is 8.98. The zero-order valence-corrected chi connectivity index (χ0v) is 12.3. The van der Waals surface area contributed by atoms with Gasteiger partial charge in [0.25, 0.3) is 0 Å². The minimum absolute atomic E-state index is 0.0634. The van der Waals surface area contributed by atoms with Crippen LogP contribution in [0.1, 0.15) is 13.8 Å². The summed E-state index contributed by atoms with van der Waals surface area (Å²) in [6.45, 7) is 3.38. The van der Waals surface area contributed by atoms with Crippen molar-refractivity contribution in [2.45, 2.75) is 24.8 Å².